The van der Waals surface area contributed by atoms with E-state index in [1.165, 1.54) is 5.39 Å². The molecule has 10 rings (SSSR count). The average molecular weight is 519 g/mol. The van der Waals surface area contributed by atoms with E-state index >= 15 is 4.57 Å². The second kappa shape index (κ2) is 6.61. The van der Waals surface area contributed by atoms with Crippen molar-refractivity contribution in [3.05, 3.63) is 109 Å². The van der Waals surface area contributed by atoms with Gasteiger partial charge in [0, 0.05) is 21.8 Å². The van der Waals surface area contributed by atoms with E-state index in [9.17, 15) is 0 Å². The lowest BCUT2D eigenvalue weighted by Gasteiger charge is -2.44. The number of benzene rings is 7. The quantitative estimate of drug-likeness (QED) is 0.162. The maximum absolute atomic E-state index is 16.0. The maximum atomic E-state index is 16.0. The summed E-state index contributed by atoms with van der Waals surface area (Å²) < 4.78 is 29.5. The van der Waals surface area contributed by atoms with Gasteiger partial charge in [-0.1, -0.05) is 60.7 Å². The van der Waals surface area contributed by atoms with Gasteiger partial charge in [0.15, 0.2) is 18.6 Å². The first-order valence-corrected chi connectivity index (χ1v) is 14.8. The molecule has 5 heteroatoms. The van der Waals surface area contributed by atoms with Crippen molar-refractivity contribution in [2.24, 2.45) is 0 Å². The van der Waals surface area contributed by atoms with E-state index < -0.39 is 7.14 Å². The van der Waals surface area contributed by atoms with E-state index in [0.717, 1.165) is 54.6 Å². The molecule has 4 nitrogen and oxygen atoms in total. The van der Waals surface area contributed by atoms with Gasteiger partial charge in [0.05, 0.1) is 22.0 Å². The average Bonchev–Trinajstić information content (AvgIpc) is 2.97. The number of hydrogen-bond acceptors (Lipinski definition) is 4. The number of hydrogen-bond donors (Lipinski definition) is 0. The molecule has 182 valence electrons. The summed E-state index contributed by atoms with van der Waals surface area (Å²) in [6.45, 7) is 0. The van der Waals surface area contributed by atoms with Crippen LogP contribution in [0.2, 0.25) is 0 Å². The highest BCUT2D eigenvalue weighted by molar-refractivity contribution is 7.87. The molecule has 0 bridgehead atoms. The van der Waals surface area contributed by atoms with Crippen molar-refractivity contribution >= 4 is 72.4 Å². The summed E-state index contributed by atoms with van der Waals surface area (Å²) in [6.07, 6.45) is 0. The lowest BCUT2D eigenvalue weighted by molar-refractivity contribution is 0.468. The molecule has 0 spiro atoms. The van der Waals surface area contributed by atoms with Crippen molar-refractivity contribution in [1.29, 1.82) is 0 Å². The van der Waals surface area contributed by atoms with Gasteiger partial charge >= 0.3 is 0 Å². The Morgan fingerprint density at radius 3 is 1.67 bits per heavy atom. The van der Waals surface area contributed by atoms with Crippen LogP contribution >= 0.6 is 7.14 Å². The Morgan fingerprint density at radius 2 is 1.08 bits per heavy atom. The monoisotopic (exact) mass is 519 g/mol. The molecular weight excluding hydrogens is 501 g/mol. The summed E-state index contributed by atoms with van der Waals surface area (Å²) in [4.78, 5) is 2.18. The number of ether oxygens (including phenoxy) is 2. The topological polar surface area (TPSA) is 38.8 Å². The minimum Gasteiger partial charge on any atom is -0.455 e. The minimum absolute atomic E-state index is 0.646. The van der Waals surface area contributed by atoms with Gasteiger partial charge in [-0.25, -0.2) is 0 Å². The smallest absolute Gasteiger partial charge is 0.189 e. The molecule has 0 N–H and O–H groups in total. The zero-order chi connectivity index (χ0) is 25.5. The Balaban J connectivity index is 1.42. The van der Waals surface area contributed by atoms with E-state index in [2.05, 4.69) is 71.6 Å². The molecule has 0 radical (unpaired) electrons. The van der Waals surface area contributed by atoms with Crippen LogP contribution in [0.15, 0.2) is 109 Å². The molecule has 0 aliphatic carbocycles. The molecule has 0 fully saturated rings. The van der Waals surface area contributed by atoms with E-state index in [1.54, 1.807) is 0 Å². The Kier molecular flexibility index (Phi) is 3.42. The molecule has 7 aromatic carbocycles. The zero-order valence-electron chi connectivity index (χ0n) is 20.5. The fourth-order valence-corrected chi connectivity index (χ4v) is 10.5. The van der Waals surface area contributed by atoms with E-state index in [4.69, 9.17) is 9.47 Å². The fourth-order valence-electron chi connectivity index (χ4n) is 7.03. The lowest BCUT2D eigenvalue weighted by atomic mass is 9.93. The number of anilines is 3. The number of nitrogens with zero attached hydrogens (tertiary/aromatic N) is 1. The van der Waals surface area contributed by atoms with Crippen molar-refractivity contribution in [3.8, 4) is 23.0 Å². The van der Waals surface area contributed by atoms with Gasteiger partial charge in [0.1, 0.15) is 16.8 Å². The Bertz CT molecular complexity index is 2140. The van der Waals surface area contributed by atoms with Gasteiger partial charge in [-0.15, -0.1) is 0 Å². The molecule has 0 saturated carbocycles. The van der Waals surface area contributed by atoms with E-state index in [1.807, 2.05) is 42.5 Å². The van der Waals surface area contributed by atoms with Crippen molar-refractivity contribution in [1.82, 2.24) is 0 Å². The molecule has 0 amide bonds. The van der Waals surface area contributed by atoms with Gasteiger partial charge in [-0.2, -0.15) is 0 Å². The summed E-state index contributed by atoms with van der Waals surface area (Å²) >= 11 is 0. The molecule has 7 aromatic rings. The molecule has 0 aromatic heterocycles. The highest BCUT2D eigenvalue weighted by Gasteiger charge is 2.53. The molecule has 0 atom stereocenters. The molecule has 0 saturated heterocycles. The third kappa shape index (κ3) is 2.20. The first-order chi connectivity index (χ1) is 19.2. The second-order valence-electron chi connectivity index (χ2n) is 10.4. The van der Waals surface area contributed by atoms with Gasteiger partial charge in [-0.05, 0) is 64.7 Å². The number of para-hydroxylation sites is 1. The van der Waals surface area contributed by atoms with Gasteiger partial charge < -0.3 is 18.9 Å². The number of rotatable bonds is 1. The van der Waals surface area contributed by atoms with E-state index in [0.29, 0.717) is 28.3 Å². The van der Waals surface area contributed by atoms with Crippen molar-refractivity contribution < 1.29 is 14.0 Å². The fraction of sp³-hybridized carbons (Fsp3) is 0. The third-order valence-electron chi connectivity index (χ3n) is 8.52. The van der Waals surface area contributed by atoms with Crippen LogP contribution in [-0.4, -0.2) is 0 Å². The van der Waals surface area contributed by atoms with Crippen LogP contribution in [0.5, 0.6) is 23.0 Å². The molecule has 3 aliphatic heterocycles. The second-order valence-corrected chi connectivity index (χ2v) is 13.0. The summed E-state index contributed by atoms with van der Waals surface area (Å²) in [5.74, 6) is 2.59. The minimum atomic E-state index is -3.35. The SMILES string of the molecule is O=P12c3c4cccc3N(c3ccccc3)c3cccc(c31)Oc1c2c(c2ccc3cccc5ccc1c2c35)O4. The molecule has 39 heavy (non-hydrogen) atoms. The molecule has 3 aliphatic rings. The molecular formula is C34H18NO3P. The van der Waals surface area contributed by atoms with Gasteiger partial charge in [0.2, 0.25) is 0 Å². The highest BCUT2D eigenvalue weighted by Crippen LogP contribution is 2.66. The number of fused-ring (bicyclic) bond motifs is 2. The Morgan fingerprint density at radius 1 is 0.513 bits per heavy atom. The van der Waals surface area contributed by atoms with E-state index in [-0.39, 0.29) is 0 Å². The third-order valence-corrected chi connectivity index (χ3v) is 11.7. The lowest BCUT2D eigenvalue weighted by Crippen LogP contribution is -2.42. The molecule has 0 unspecified atom stereocenters. The first-order valence-electron chi connectivity index (χ1n) is 13.1. The van der Waals surface area contributed by atoms with Crippen LogP contribution in [0.1, 0.15) is 0 Å². The van der Waals surface area contributed by atoms with Crippen molar-refractivity contribution in [2.45, 2.75) is 0 Å². The maximum Gasteiger partial charge on any atom is 0.189 e. The van der Waals surface area contributed by atoms with Crippen molar-refractivity contribution in [2.75, 3.05) is 4.90 Å². The van der Waals surface area contributed by atoms with Gasteiger partial charge in [0.25, 0.3) is 0 Å². The zero-order valence-corrected chi connectivity index (χ0v) is 21.4. The Labute approximate surface area is 223 Å². The Hall–Kier alpha value is -4.79. The van der Waals surface area contributed by atoms with Crippen LogP contribution in [0.3, 0.4) is 0 Å². The van der Waals surface area contributed by atoms with Crippen LogP contribution in [0.4, 0.5) is 17.1 Å². The summed E-state index contributed by atoms with van der Waals surface area (Å²) in [6, 6.07) is 37.1. The van der Waals surface area contributed by atoms with Crippen LogP contribution in [-0.2, 0) is 4.57 Å². The summed E-state index contributed by atoms with van der Waals surface area (Å²) in [5, 5.41) is 8.71. The standard InChI is InChI=1S/C34H18NO3P/c36-39-32-24-11-5-13-26(32)37-30-22-17-15-19-7-4-8-20-16-18-23(29(22)28(19)20)31(34(30)39)38-27-14-6-12-25(33(27)39)35(24)21-9-2-1-3-10-21/h1-18H. The van der Waals surface area contributed by atoms with Gasteiger partial charge in [-0.3, -0.25) is 0 Å². The highest BCUT2D eigenvalue weighted by atomic mass is 31.2. The van der Waals surface area contributed by atoms with Crippen LogP contribution in [0.25, 0.3) is 32.3 Å². The summed E-state index contributed by atoms with van der Waals surface area (Å²) in [5.41, 5.74) is 2.77. The normalized spacial score (nSPS) is 15.3. The van der Waals surface area contributed by atoms with Crippen molar-refractivity contribution in [3.63, 3.8) is 0 Å². The predicted molar refractivity (Wildman–Crippen MR) is 158 cm³/mol. The van der Waals surface area contributed by atoms with Crippen LogP contribution < -0.4 is 30.3 Å². The molecule has 3 heterocycles. The summed E-state index contributed by atoms with van der Waals surface area (Å²) in [7, 11) is -3.35. The largest absolute Gasteiger partial charge is 0.455 e. The first kappa shape index (κ1) is 20.2. The predicted octanol–water partition coefficient (Wildman–Crippen LogP) is 8.22. The van der Waals surface area contributed by atoms with Crippen LogP contribution in [0, 0.1) is 0 Å².